The van der Waals surface area contributed by atoms with Gasteiger partial charge in [0, 0.05) is 13.0 Å². The summed E-state index contributed by atoms with van der Waals surface area (Å²) in [5.74, 6) is 1.02. The largest absolute Gasteiger partial charge is 0.330 e. The Kier molecular flexibility index (Phi) is 12.3. The lowest BCUT2D eigenvalue weighted by Gasteiger charge is -2.04. The van der Waals surface area contributed by atoms with Gasteiger partial charge >= 0.3 is 0 Å². The summed E-state index contributed by atoms with van der Waals surface area (Å²) in [6.45, 7) is 2.43. The summed E-state index contributed by atoms with van der Waals surface area (Å²) >= 11 is 0. The number of nitrogens with zero attached hydrogens (tertiary/aromatic N) is 4. The van der Waals surface area contributed by atoms with Crippen LogP contribution in [-0.2, 0) is 13.0 Å². The zero-order valence-corrected chi connectivity index (χ0v) is 14.5. The quantitative estimate of drug-likeness (QED) is 0.382. The number of allylic oxidation sites excluding steroid dienone is 2. The lowest BCUT2D eigenvalue weighted by molar-refractivity contribution is 0.516. The summed E-state index contributed by atoms with van der Waals surface area (Å²) in [5.41, 5.74) is 11.0. The van der Waals surface area contributed by atoms with Gasteiger partial charge in [-0.2, -0.15) is 0 Å². The fourth-order valence-corrected chi connectivity index (χ4v) is 2.52. The fraction of sp³-hybridized carbons (Fsp3) is 0.824. The Bertz CT molecular complexity index is 402. The number of hydrogen-bond acceptors (Lipinski definition) is 5. The third-order valence-electron chi connectivity index (χ3n) is 3.94. The maximum atomic E-state index is 5.51. The number of aromatic nitrogens is 4. The van der Waals surface area contributed by atoms with E-state index in [1.165, 1.54) is 38.5 Å². The van der Waals surface area contributed by atoms with Crippen LogP contribution in [0.15, 0.2) is 12.2 Å². The number of tetrazole rings is 1. The molecule has 132 valence electrons. The average Bonchev–Trinajstić information content (AvgIpc) is 3.00. The zero-order valence-electron chi connectivity index (χ0n) is 14.5. The van der Waals surface area contributed by atoms with Crippen molar-refractivity contribution in [1.82, 2.24) is 20.2 Å². The predicted octanol–water partition coefficient (Wildman–Crippen LogP) is 2.59. The highest BCUT2D eigenvalue weighted by Crippen LogP contribution is 2.08. The van der Waals surface area contributed by atoms with Gasteiger partial charge in [0.15, 0.2) is 5.82 Å². The molecule has 0 amide bonds. The van der Waals surface area contributed by atoms with Gasteiger partial charge in [0.25, 0.3) is 0 Å². The fourth-order valence-electron chi connectivity index (χ4n) is 2.52. The molecular formula is C17H34N6. The highest BCUT2D eigenvalue weighted by atomic mass is 15.5. The molecule has 0 saturated carbocycles. The molecule has 1 heterocycles. The molecule has 0 aliphatic carbocycles. The van der Waals surface area contributed by atoms with Gasteiger partial charge in [-0.1, -0.05) is 25.0 Å². The first kappa shape index (κ1) is 19.8. The molecule has 1 aromatic heterocycles. The lowest BCUT2D eigenvalue weighted by Crippen LogP contribution is -2.08. The van der Waals surface area contributed by atoms with Gasteiger partial charge in [-0.3, -0.25) is 0 Å². The first-order valence-corrected chi connectivity index (χ1v) is 9.18. The molecule has 0 unspecified atom stereocenters. The van der Waals surface area contributed by atoms with Crippen molar-refractivity contribution in [2.45, 2.75) is 77.2 Å². The molecule has 0 radical (unpaired) electrons. The Morgan fingerprint density at radius 3 is 2.17 bits per heavy atom. The smallest absolute Gasteiger partial charge is 0.151 e. The second-order valence-electron chi connectivity index (χ2n) is 6.02. The molecule has 0 aliphatic heterocycles. The third-order valence-corrected chi connectivity index (χ3v) is 3.94. The van der Waals surface area contributed by atoms with Gasteiger partial charge in [0.05, 0.1) is 0 Å². The molecule has 0 saturated heterocycles. The van der Waals surface area contributed by atoms with Gasteiger partial charge in [0.2, 0.25) is 0 Å². The van der Waals surface area contributed by atoms with E-state index in [2.05, 4.69) is 27.7 Å². The van der Waals surface area contributed by atoms with Crippen LogP contribution in [0.3, 0.4) is 0 Å². The van der Waals surface area contributed by atoms with Crippen molar-refractivity contribution in [3.63, 3.8) is 0 Å². The SMILES string of the molecule is NCCCC/C=C\CCCCCCc1nnnn1CCCCN. The molecule has 23 heavy (non-hydrogen) atoms. The first-order valence-electron chi connectivity index (χ1n) is 9.18. The van der Waals surface area contributed by atoms with Gasteiger partial charge < -0.3 is 11.5 Å². The topological polar surface area (TPSA) is 95.6 Å². The van der Waals surface area contributed by atoms with Gasteiger partial charge in [0.1, 0.15) is 0 Å². The highest BCUT2D eigenvalue weighted by Gasteiger charge is 2.04. The minimum absolute atomic E-state index is 0.735. The summed E-state index contributed by atoms with van der Waals surface area (Å²) in [6, 6.07) is 0. The van der Waals surface area contributed by atoms with E-state index in [1.54, 1.807) is 0 Å². The van der Waals surface area contributed by atoms with E-state index in [1.807, 2.05) is 4.68 Å². The minimum Gasteiger partial charge on any atom is -0.330 e. The minimum atomic E-state index is 0.735. The molecular weight excluding hydrogens is 288 g/mol. The molecule has 6 heteroatoms. The van der Waals surface area contributed by atoms with Gasteiger partial charge in [-0.05, 0) is 74.9 Å². The Morgan fingerprint density at radius 2 is 1.43 bits per heavy atom. The molecule has 0 aromatic carbocycles. The normalized spacial score (nSPS) is 11.6. The average molecular weight is 323 g/mol. The molecule has 6 nitrogen and oxygen atoms in total. The number of unbranched alkanes of at least 4 members (excludes halogenated alkanes) is 7. The van der Waals surface area contributed by atoms with Crippen molar-refractivity contribution in [1.29, 1.82) is 0 Å². The lowest BCUT2D eigenvalue weighted by atomic mass is 10.1. The van der Waals surface area contributed by atoms with Crippen LogP contribution in [-0.4, -0.2) is 33.3 Å². The molecule has 0 atom stereocenters. The Morgan fingerprint density at radius 1 is 0.783 bits per heavy atom. The molecule has 1 aromatic rings. The van der Waals surface area contributed by atoms with E-state index in [4.69, 9.17) is 11.5 Å². The molecule has 0 aliphatic rings. The van der Waals surface area contributed by atoms with Crippen LogP contribution in [0.4, 0.5) is 0 Å². The third kappa shape index (κ3) is 10.2. The van der Waals surface area contributed by atoms with Crippen molar-refractivity contribution in [2.75, 3.05) is 13.1 Å². The van der Waals surface area contributed by atoms with Crippen LogP contribution < -0.4 is 11.5 Å². The summed E-state index contributed by atoms with van der Waals surface area (Å²) in [7, 11) is 0. The molecule has 0 bridgehead atoms. The highest BCUT2D eigenvalue weighted by molar-refractivity contribution is 4.82. The number of rotatable bonds is 15. The van der Waals surface area contributed by atoms with E-state index >= 15 is 0 Å². The van der Waals surface area contributed by atoms with E-state index in [0.29, 0.717) is 0 Å². The monoisotopic (exact) mass is 322 g/mol. The summed E-state index contributed by atoms with van der Waals surface area (Å²) in [6.07, 6.45) is 17.3. The number of nitrogens with two attached hydrogens (primary N) is 2. The van der Waals surface area contributed by atoms with Crippen molar-refractivity contribution in [2.24, 2.45) is 11.5 Å². The molecule has 4 N–H and O–H groups in total. The van der Waals surface area contributed by atoms with E-state index in [0.717, 1.165) is 57.6 Å². The van der Waals surface area contributed by atoms with Gasteiger partial charge in [-0.25, -0.2) is 4.68 Å². The van der Waals surface area contributed by atoms with Crippen molar-refractivity contribution < 1.29 is 0 Å². The van der Waals surface area contributed by atoms with Crippen LogP contribution >= 0.6 is 0 Å². The first-order chi connectivity index (χ1) is 11.4. The number of hydrogen-bond donors (Lipinski definition) is 2. The maximum absolute atomic E-state index is 5.51. The zero-order chi connectivity index (χ0) is 16.6. The Balaban J connectivity index is 1.99. The van der Waals surface area contributed by atoms with E-state index in [9.17, 15) is 0 Å². The molecule has 0 spiro atoms. The Hall–Kier alpha value is -1.27. The second kappa shape index (κ2) is 14.3. The van der Waals surface area contributed by atoms with Crippen LogP contribution in [0.25, 0.3) is 0 Å². The summed E-state index contributed by atoms with van der Waals surface area (Å²) < 4.78 is 1.93. The van der Waals surface area contributed by atoms with Crippen molar-refractivity contribution in [3.8, 4) is 0 Å². The summed E-state index contributed by atoms with van der Waals surface area (Å²) in [4.78, 5) is 0. The summed E-state index contributed by atoms with van der Waals surface area (Å²) in [5, 5.41) is 12.0. The van der Waals surface area contributed by atoms with Crippen LogP contribution in [0.5, 0.6) is 0 Å². The van der Waals surface area contributed by atoms with Crippen molar-refractivity contribution in [3.05, 3.63) is 18.0 Å². The predicted molar refractivity (Wildman–Crippen MR) is 94.9 cm³/mol. The standard InChI is InChI=1S/C17H34N6/c18-14-10-8-6-4-2-1-3-5-7-9-13-17-20-21-22-23(17)16-12-11-15-19/h2,4H,1,3,5-16,18-19H2/b4-2-. The van der Waals surface area contributed by atoms with E-state index < -0.39 is 0 Å². The number of aryl methyl sites for hydroxylation is 2. The molecule has 0 fully saturated rings. The van der Waals surface area contributed by atoms with Crippen LogP contribution in [0, 0.1) is 0 Å². The van der Waals surface area contributed by atoms with Crippen LogP contribution in [0.2, 0.25) is 0 Å². The van der Waals surface area contributed by atoms with Crippen molar-refractivity contribution >= 4 is 0 Å². The van der Waals surface area contributed by atoms with E-state index in [-0.39, 0.29) is 0 Å². The van der Waals surface area contributed by atoms with Gasteiger partial charge in [-0.15, -0.1) is 5.10 Å². The second-order valence-corrected chi connectivity index (χ2v) is 6.02. The van der Waals surface area contributed by atoms with Crippen LogP contribution in [0.1, 0.15) is 70.0 Å². The molecule has 1 rings (SSSR count). The maximum Gasteiger partial charge on any atom is 0.151 e. The Labute approximate surface area is 140 Å².